The van der Waals surface area contributed by atoms with Gasteiger partial charge in [0.15, 0.2) is 0 Å². The van der Waals surface area contributed by atoms with Gasteiger partial charge < -0.3 is 5.11 Å². The Bertz CT molecular complexity index is 120. The van der Waals surface area contributed by atoms with Crippen LogP contribution in [0, 0.1) is 0 Å². The highest BCUT2D eigenvalue weighted by molar-refractivity contribution is 7.99. The molecule has 10 heavy (non-hydrogen) atoms. The van der Waals surface area contributed by atoms with Crippen LogP contribution in [0.15, 0.2) is 11.6 Å². The van der Waals surface area contributed by atoms with Crippen LogP contribution in [-0.4, -0.2) is 23.2 Å². The molecule has 1 aliphatic heterocycles. The van der Waals surface area contributed by atoms with Crippen molar-refractivity contribution in [3.8, 4) is 0 Å². The van der Waals surface area contributed by atoms with Gasteiger partial charge in [0, 0.05) is 12.4 Å². The molecule has 58 valence electrons. The molecule has 1 rings (SSSR count). The van der Waals surface area contributed by atoms with Crippen LogP contribution in [0.1, 0.15) is 19.3 Å². The third-order valence-electron chi connectivity index (χ3n) is 1.71. The molecule has 0 aromatic carbocycles. The number of rotatable bonds is 3. The molecule has 1 heterocycles. The molecule has 0 unspecified atom stereocenters. The Hall–Kier alpha value is 0.0500. The van der Waals surface area contributed by atoms with E-state index in [1.165, 1.54) is 17.9 Å². The van der Waals surface area contributed by atoms with Gasteiger partial charge in [-0.05, 0) is 25.0 Å². The van der Waals surface area contributed by atoms with Gasteiger partial charge in [0.2, 0.25) is 0 Å². The zero-order valence-corrected chi connectivity index (χ0v) is 6.99. The Morgan fingerprint density at radius 2 is 2.50 bits per heavy atom. The minimum absolute atomic E-state index is 0.338. The number of thioether (sulfide) groups is 1. The maximum Gasteiger partial charge on any atom is 0.0434 e. The molecule has 0 atom stereocenters. The zero-order chi connectivity index (χ0) is 7.23. The number of hydrogen-bond acceptors (Lipinski definition) is 2. The van der Waals surface area contributed by atoms with E-state index in [2.05, 4.69) is 6.08 Å². The van der Waals surface area contributed by atoms with Crippen molar-refractivity contribution in [1.29, 1.82) is 0 Å². The largest absolute Gasteiger partial charge is 0.396 e. The summed E-state index contributed by atoms with van der Waals surface area (Å²) in [6.45, 7) is 0.338. The third-order valence-corrected chi connectivity index (χ3v) is 2.61. The van der Waals surface area contributed by atoms with Crippen LogP contribution in [0.2, 0.25) is 0 Å². The smallest absolute Gasteiger partial charge is 0.0434 e. The fourth-order valence-electron chi connectivity index (χ4n) is 1.10. The van der Waals surface area contributed by atoms with E-state index in [0.29, 0.717) is 6.61 Å². The lowest BCUT2D eigenvalue weighted by molar-refractivity contribution is 0.288. The molecule has 0 radical (unpaired) electrons. The van der Waals surface area contributed by atoms with E-state index >= 15 is 0 Å². The topological polar surface area (TPSA) is 20.2 Å². The molecule has 1 N–H and O–H groups in total. The first-order valence-corrected chi connectivity index (χ1v) is 4.95. The zero-order valence-electron chi connectivity index (χ0n) is 6.18. The molecule has 0 saturated carbocycles. The fourth-order valence-corrected chi connectivity index (χ4v) is 2.03. The van der Waals surface area contributed by atoms with Crippen LogP contribution in [-0.2, 0) is 0 Å². The second-order valence-corrected chi connectivity index (χ2v) is 3.66. The van der Waals surface area contributed by atoms with Gasteiger partial charge >= 0.3 is 0 Å². The molecule has 0 fully saturated rings. The lowest BCUT2D eigenvalue weighted by atomic mass is 10.1. The second kappa shape index (κ2) is 4.80. The van der Waals surface area contributed by atoms with Crippen molar-refractivity contribution in [3.05, 3.63) is 11.6 Å². The Kier molecular flexibility index (Phi) is 3.91. The predicted molar refractivity (Wildman–Crippen MR) is 46.3 cm³/mol. The second-order valence-electron chi connectivity index (χ2n) is 2.51. The Labute approximate surface area is 66.5 Å². The van der Waals surface area contributed by atoms with Crippen LogP contribution in [0.3, 0.4) is 0 Å². The Morgan fingerprint density at radius 3 is 3.10 bits per heavy atom. The highest BCUT2D eigenvalue weighted by atomic mass is 32.2. The summed E-state index contributed by atoms with van der Waals surface area (Å²) in [4.78, 5) is 0. The molecule has 0 amide bonds. The SMILES string of the molecule is OCCCC1=CCSCC1. The third kappa shape index (κ3) is 2.76. The first-order chi connectivity index (χ1) is 4.93. The van der Waals surface area contributed by atoms with E-state index in [4.69, 9.17) is 5.11 Å². The quantitative estimate of drug-likeness (QED) is 0.632. The minimum Gasteiger partial charge on any atom is -0.396 e. The summed E-state index contributed by atoms with van der Waals surface area (Å²) in [7, 11) is 0. The first-order valence-electron chi connectivity index (χ1n) is 3.80. The lowest BCUT2D eigenvalue weighted by Gasteiger charge is -2.10. The summed E-state index contributed by atoms with van der Waals surface area (Å²) >= 11 is 1.99. The Balaban J connectivity index is 2.18. The average molecular weight is 158 g/mol. The van der Waals surface area contributed by atoms with Gasteiger partial charge in [-0.2, -0.15) is 11.8 Å². The summed E-state index contributed by atoms with van der Waals surface area (Å²) in [5, 5.41) is 8.56. The summed E-state index contributed by atoms with van der Waals surface area (Å²) < 4.78 is 0. The molecule has 1 nitrogen and oxygen atoms in total. The van der Waals surface area contributed by atoms with E-state index in [0.717, 1.165) is 12.8 Å². The van der Waals surface area contributed by atoms with Crippen LogP contribution in [0.4, 0.5) is 0 Å². The summed E-state index contributed by atoms with van der Waals surface area (Å²) in [6, 6.07) is 0. The molecule has 1 aliphatic rings. The molecular weight excluding hydrogens is 144 g/mol. The molecule has 0 saturated heterocycles. The number of aliphatic hydroxyl groups excluding tert-OH is 1. The van der Waals surface area contributed by atoms with Crippen molar-refractivity contribution in [2.75, 3.05) is 18.1 Å². The van der Waals surface area contributed by atoms with Gasteiger partial charge in [-0.25, -0.2) is 0 Å². The van der Waals surface area contributed by atoms with Gasteiger partial charge in [-0.1, -0.05) is 11.6 Å². The fraction of sp³-hybridized carbons (Fsp3) is 0.750. The molecule has 0 spiro atoms. The van der Waals surface area contributed by atoms with Gasteiger partial charge in [0.25, 0.3) is 0 Å². The lowest BCUT2D eigenvalue weighted by Crippen LogP contribution is -1.96. The minimum atomic E-state index is 0.338. The number of hydrogen-bond donors (Lipinski definition) is 1. The van der Waals surface area contributed by atoms with E-state index in [1.807, 2.05) is 11.8 Å². The van der Waals surface area contributed by atoms with Crippen LogP contribution in [0.5, 0.6) is 0 Å². The summed E-state index contributed by atoms with van der Waals surface area (Å²) in [5.41, 5.74) is 1.55. The van der Waals surface area contributed by atoms with E-state index in [1.54, 1.807) is 5.57 Å². The maximum atomic E-state index is 8.56. The highest BCUT2D eigenvalue weighted by Crippen LogP contribution is 2.19. The number of aliphatic hydroxyl groups is 1. The van der Waals surface area contributed by atoms with Gasteiger partial charge in [0.1, 0.15) is 0 Å². The van der Waals surface area contributed by atoms with Crippen molar-refractivity contribution < 1.29 is 5.11 Å². The van der Waals surface area contributed by atoms with Crippen molar-refractivity contribution in [3.63, 3.8) is 0 Å². The normalized spacial score (nSPS) is 18.7. The average Bonchev–Trinajstić information content (AvgIpc) is 2.03. The molecule has 0 aromatic heterocycles. The number of allylic oxidation sites excluding steroid dienone is 1. The highest BCUT2D eigenvalue weighted by Gasteiger charge is 2.01. The standard InChI is InChI=1S/C8H14OS/c9-5-1-2-8-3-6-10-7-4-8/h3,9H,1-2,4-7H2. The van der Waals surface area contributed by atoms with Crippen LogP contribution >= 0.6 is 11.8 Å². The van der Waals surface area contributed by atoms with Crippen molar-refractivity contribution >= 4 is 11.8 Å². The van der Waals surface area contributed by atoms with Crippen molar-refractivity contribution in [2.24, 2.45) is 0 Å². The predicted octanol–water partition coefficient (Wildman–Crippen LogP) is 1.82. The summed E-state index contributed by atoms with van der Waals surface area (Å²) in [5.74, 6) is 2.46. The van der Waals surface area contributed by atoms with Crippen LogP contribution in [0.25, 0.3) is 0 Å². The van der Waals surface area contributed by atoms with E-state index in [9.17, 15) is 0 Å². The van der Waals surface area contributed by atoms with Gasteiger partial charge in [0.05, 0.1) is 0 Å². The Morgan fingerprint density at radius 1 is 1.60 bits per heavy atom. The van der Waals surface area contributed by atoms with Crippen LogP contribution < -0.4 is 0 Å². The first kappa shape index (κ1) is 8.15. The van der Waals surface area contributed by atoms with Crippen molar-refractivity contribution in [1.82, 2.24) is 0 Å². The van der Waals surface area contributed by atoms with Gasteiger partial charge in [-0.15, -0.1) is 0 Å². The van der Waals surface area contributed by atoms with Crippen molar-refractivity contribution in [2.45, 2.75) is 19.3 Å². The molecule has 2 heteroatoms. The molecular formula is C8H14OS. The van der Waals surface area contributed by atoms with Gasteiger partial charge in [-0.3, -0.25) is 0 Å². The summed E-state index contributed by atoms with van der Waals surface area (Å²) in [6.07, 6.45) is 5.60. The maximum absolute atomic E-state index is 8.56. The molecule has 0 aromatic rings. The monoisotopic (exact) mass is 158 g/mol. The molecule has 0 bridgehead atoms. The molecule has 0 aliphatic carbocycles. The van der Waals surface area contributed by atoms with E-state index in [-0.39, 0.29) is 0 Å². The van der Waals surface area contributed by atoms with E-state index < -0.39 is 0 Å².